The predicted octanol–water partition coefficient (Wildman–Crippen LogP) is 0.230. The van der Waals surface area contributed by atoms with E-state index in [1.807, 2.05) is 0 Å². The Hall–Kier alpha value is -1.28. The molecule has 15 heavy (non-hydrogen) atoms. The number of aromatic hydroxyl groups is 1. The molecule has 0 saturated carbocycles. The molecule has 0 aliphatic heterocycles. The summed E-state index contributed by atoms with van der Waals surface area (Å²) < 4.78 is 49.3. The number of hydrogen-bond acceptors (Lipinski definition) is 3. The molecule has 0 unspecified atom stereocenters. The van der Waals surface area contributed by atoms with Gasteiger partial charge in [-0.1, -0.05) is 0 Å². The molecule has 0 aromatic heterocycles. The molecule has 0 aliphatic carbocycles. The fourth-order valence-corrected chi connectivity index (χ4v) is 0.983. The van der Waals surface area contributed by atoms with Crippen LogP contribution in [0.2, 0.25) is 0 Å². The zero-order chi connectivity index (χ0) is 11.8. The molecule has 1 rings (SSSR count). The SMILES string of the molecule is OB(O)c1cc(C(F)(F)F)cc(O)c1F. The summed E-state index contributed by atoms with van der Waals surface area (Å²) in [6.07, 6.45) is -4.80. The first-order valence-electron chi connectivity index (χ1n) is 3.69. The highest BCUT2D eigenvalue weighted by Crippen LogP contribution is 2.31. The smallest absolute Gasteiger partial charge is 0.491 e. The summed E-state index contributed by atoms with van der Waals surface area (Å²) in [4.78, 5) is 0. The second kappa shape index (κ2) is 3.71. The van der Waals surface area contributed by atoms with E-state index in [0.29, 0.717) is 0 Å². The van der Waals surface area contributed by atoms with Crippen molar-refractivity contribution in [1.29, 1.82) is 0 Å². The van der Waals surface area contributed by atoms with E-state index >= 15 is 0 Å². The summed E-state index contributed by atoms with van der Waals surface area (Å²) in [5.74, 6) is -2.77. The van der Waals surface area contributed by atoms with Gasteiger partial charge in [0.1, 0.15) is 0 Å². The number of halogens is 4. The van der Waals surface area contributed by atoms with Gasteiger partial charge < -0.3 is 15.2 Å². The summed E-state index contributed by atoms with van der Waals surface area (Å²) in [6.45, 7) is 0. The lowest BCUT2D eigenvalue weighted by Crippen LogP contribution is -2.33. The van der Waals surface area contributed by atoms with Crippen LogP contribution < -0.4 is 5.46 Å². The van der Waals surface area contributed by atoms with Gasteiger partial charge in [0.25, 0.3) is 0 Å². The van der Waals surface area contributed by atoms with Gasteiger partial charge in [0.15, 0.2) is 11.6 Å². The van der Waals surface area contributed by atoms with E-state index in [-0.39, 0.29) is 12.1 Å². The van der Waals surface area contributed by atoms with Crippen molar-refractivity contribution in [3.63, 3.8) is 0 Å². The van der Waals surface area contributed by atoms with E-state index in [1.54, 1.807) is 0 Å². The van der Waals surface area contributed by atoms with Crippen LogP contribution in [0.5, 0.6) is 5.75 Å². The molecular formula is C7H5BF4O3. The maximum Gasteiger partial charge on any atom is 0.491 e. The topological polar surface area (TPSA) is 60.7 Å². The van der Waals surface area contributed by atoms with Gasteiger partial charge in [-0.25, -0.2) is 4.39 Å². The van der Waals surface area contributed by atoms with Crippen LogP contribution in [0.4, 0.5) is 17.6 Å². The molecule has 0 radical (unpaired) electrons. The molecule has 1 aromatic carbocycles. The third-order valence-corrected chi connectivity index (χ3v) is 1.69. The van der Waals surface area contributed by atoms with E-state index in [4.69, 9.17) is 15.2 Å². The molecule has 0 aliphatic rings. The van der Waals surface area contributed by atoms with Gasteiger partial charge in [0.2, 0.25) is 0 Å². The monoisotopic (exact) mass is 224 g/mol. The van der Waals surface area contributed by atoms with Gasteiger partial charge >= 0.3 is 13.3 Å². The van der Waals surface area contributed by atoms with E-state index in [1.165, 1.54) is 0 Å². The minimum Gasteiger partial charge on any atom is -0.505 e. The Balaban J connectivity index is 3.36. The Morgan fingerprint density at radius 1 is 1.13 bits per heavy atom. The number of rotatable bonds is 1. The Kier molecular flexibility index (Phi) is 2.92. The number of benzene rings is 1. The molecule has 1 aromatic rings. The highest BCUT2D eigenvalue weighted by atomic mass is 19.4. The summed E-state index contributed by atoms with van der Waals surface area (Å²) in [5.41, 5.74) is -2.38. The Morgan fingerprint density at radius 2 is 1.67 bits per heavy atom. The molecule has 3 N–H and O–H groups in total. The third-order valence-electron chi connectivity index (χ3n) is 1.69. The van der Waals surface area contributed by atoms with Crippen molar-refractivity contribution in [1.82, 2.24) is 0 Å². The highest BCUT2D eigenvalue weighted by Gasteiger charge is 2.34. The molecule has 0 heterocycles. The largest absolute Gasteiger partial charge is 0.505 e. The third kappa shape index (κ3) is 2.39. The summed E-state index contributed by atoms with van der Waals surface area (Å²) in [7, 11) is -2.42. The molecule has 0 atom stereocenters. The van der Waals surface area contributed by atoms with E-state index < -0.39 is 35.9 Å². The molecule has 0 bridgehead atoms. The number of hydrogen-bond donors (Lipinski definition) is 3. The van der Waals surface area contributed by atoms with Gasteiger partial charge in [-0.15, -0.1) is 0 Å². The normalized spacial score (nSPS) is 11.6. The van der Waals surface area contributed by atoms with Crippen LogP contribution in [0.3, 0.4) is 0 Å². The predicted molar refractivity (Wildman–Crippen MR) is 42.9 cm³/mol. The first-order valence-corrected chi connectivity index (χ1v) is 3.69. The Bertz CT molecular complexity index is 377. The van der Waals surface area contributed by atoms with Gasteiger partial charge in [-0.3, -0.25) is 0 Å². The average Bonchev–Trinajstić information content (AvgIpc) is 2.06. The van der Waals surface area contributed by atoms with Crippen molar-refractivity contribution in [3.8, 4) is 5.75 Å². The van der Waals surface area contributed by atoms with Crippen molar-refractivity contribution >= 4 is 12.6 Å². The highest BCUT2D eigenvalue weighted by molar-refractivity contribution is 6.58. The lowest BCUT2D eigenvalue weighted by molar-refractivity contribution is -0.137. The maximum absolute atomic E-state index is 12.9. The minimum atomic E-state index is -4.80. The van der Waals surface area contributed by atoms with Crippen LogP contribution in [-0.2, 0) is 6.18 Å². The maximum atomic E-state index is 12.9. The van der Waals surface area contributed by atoms with Crippen LogP contribution >= 0.6 is 0 Å². The lowest BCUT2D eigenvalue weighted by Gasteiger charge is -2.10. The summed E-state index contributed by atoms with van der Waals surface area (Å²) in [5, 5.41) is 25.9. The second-order valence-electron chi connectivity index (χ2n) is 2.77. The van der Waals surface area contributed by atoms with Gasteiger partial charge in [0.05, 0.1) is 5.56 Å². The van der Waals surface area contributed by atoms with Crippen molar-refractivity contribution in [2.45, 2.75) is 6.18 Å². The van der Waals surface area contributed by atoms with E-state index in [2.05, 4.69) is 0 Å². The molecule has 0 spiro atoms. The van der Waals surface area contributed by atoms with Crippen LogP contribution in [0.1, 0.15) is 5.56 Å². The summed E-state index contributed by atoms with van der Waals surface area (Å²) >= 11 is 0. The molecule has 3 nitrogen and oxygen atoms in total. The molecule has 8 heteroatoms. The molecule has 82 valence electrons. The summed E-state index contributed by atoms with van der Waals surface area (Å²) in [6, 6.07) is 0.390. The quantitative estimate of drug-likeness (QED) is 0.472. The van der Waals surface area contributed by atoms with E-state index in [9.17, 15) is 17.6 Å². The number of alkyl halides is 3. The van der Waals surface area contributed by atoms with Gasteiger partial charge in [0, 0.05) is 5.46 Å². The fraction of sp³-hybridized carbons (Fsp3) is 0.143. The van der Waals surface area contributed by atoms with Crippen molar-refractivity contribution in [3.05, 3.63) is 23.5 Å². The van der Waals surface area contributed by atoms with Crippen LogP contribution in [-0.4, -0.2) is 22.3 Å². The first-order chi connectivity index (χ1) is 6.73. The van der Waals surface area contributed by atoms with Crippen molar-refractivity contribution in [2.24, 2.45) is 0 Å². The molecule has 0 fully saturated rings. The van der Waals surface area contributed by atoms with Gasteiger partial charge in [-0.05, 0) is 12.1 Å². The van der Waals surface area contributed by atoms with Crippen molar-refractivity contribution in [2.75, 3.05) is 0 Å². The van der Waals surface area contributed by atoms with Crippen LogP contribution in [0.25, 0.3) is 0 Å². The average molecular weight is 224 g/mol. The van der Waals surface area contributed by atoms with E-state index in [0.717, 1.165) is 0 Å². The minimum absolute atomic E-state index is 0.168. The molecule has 0 saturated heterocycles. The molecule has 0 amide bonds. The Labute approximate surface area is 81.7 Å². The lowest BCUT2D eigenvalue weighted by atomic mass is 9.79. The van der Waals surface area contributed by atoms with Gasteiger partial charge in [-0.2, -0.15) is 13.2 Å². The zero-order valence-electron chi connectivity index (χ0n) is 7.09. The fourth-order valence-electron chi connectivity index (χ4n) is 0.983. The standard InChI is InChI=1S/C7H5BF4O3/c9-6-4(8(14)15)1-3(2-5(6)13)7(10,11)12/h1-2,13-15H. The first kappa shape index (κ1) is 11.8. The number of phenolic OH excluding ortho intramolecular Hbond substituents is 1. The van der Waals surface area contributed by atoms with Crippen molar-refractivity contribution < 1.29 is 32.7 Å². The van der Waals surface area contributed by atoms with Crippen LogP contribution in [0, 0.1) is 5.82 Å². The zero-order valence-corrected chi connectivity index (χ0v) is 7.09. The number of phenols is 1. The Morgan fingerprint density at radius 3 is 2.07 bits per heavy atom. The van der Waals surface area contributed by atoms with Crippen LogP contribution in [0.15, 0.2) is 12.1 Å². The second-order valence-corrected chi connectivity index (χ2v) is 2.77. The molecular weight excluding hydrogens is 219 g/mol.